The Bertz CT molecular complexity index is 1510. The summed E-state index contributed by atoms with van der Waals surface area (Å²) in [4.78, 5) is 18.4. The van der Waals surface area contributed by atoms with E-state index in [2.05, 4.69) is 24.5 Å². The average molecular weight is 469 g/mol. The lowest BCUT2D eigenvalue weighted by molar-refractivity contribution is 0.174. The zero-order valence-electron chi connectivity index (χ0n) is 20.0. The molecule has 0 N–H and O–H groups in total. The number of fused-ring (bicyclic) bond motifs is 2. The number of hydrogen-bond donors (Lipinski definition) is 0. The monoisotopic (exact) mass is 468 g/mol. The van der Waals surface area contributed by atoms with E-state index in [0.717, 1.165) is 71.2 Å². The number of rotatable bonds is 4. The lowest BCUT2D eigenvalue weighted by Gasteiger charge is -2.22. The molecule has 1 saturated carbocycles. The molecule has 0 atom stereocenters. The van der Waals surface area contributed by atoms with Gasteiger partial charge in [0, 0.05) is 34.6 Å². The maximum absolute atomic E-state index is 13.5. The third-order valence-corrected chi connectivity index (χ3v) is 7.15. The number of aryl methyl sites for hydroxylation is 1. The summed E-state index contributed by atoms with van der Waals surface area (Å²) in [6.45, 7) is 4.37. The molecule has 178 valence electrons. The van der Waals surface area contributed by atoms with Crippen molar-refractivity contribution in [1.29, 1.82) is 0 Å². The van der Waals surface area contributed by atoms with Gasteiger partial charge in [0.1, 0.15) is 5.82 Å². The van der Waals surface area contributed by atoms with Gasteiger partial charge in [-0.05, 0) is 57.0 Å². The molecular weight excluding hydrogens is 440 g/mol. The van der Waals surface area contributed by atoms with E-state index in [1.54, 1.807) is 6.21 Å². The van der Waals surface area contributed by atoms with Gasteiger partial charge in [0.25, 0.3) is 5.56 Å². The van der Waals surface area contributed by atoms with E-state index in [1.807, 2.05) is 42.5 Å². The highest BCUT2D eigenvalue weighted by Crippen LogP contribution is 2.35. The molecule has 2 aromatic heterocycles. The van der Waals surface area contributed by atoms with Crippen molar-refractivity contribution in [2.24, 2.45) is 5.10 Å². The average Bonchev–Trinajstić information content (AvgIpc) is 3.46. The summed E-state index contributed by atoms with van der Waals surface area (Å²) in [7, 11) is 0. The Balaban J connectivity index is 1.42. The van der Waals surface area contributed by atoms with Crippen molar-refractivity contribution in [2.45, 2.75) is 51.9 Å². The van der Waals surface area contributed by atoms with Gasteiger partial charge in [-0.3, -0.25) is 4.79 Å². The van der Waals surface area contributed by atoms with Crippen molar-refractivity contribution in [3.63, 3.8) is 0 Å². The van der Waals surface area contributed by atoms with E-state index in [0.29, 0.717) is 5.39 Å². The second kappa shape index (κ2) is 8.73. The molecule has 0 bridgehead atoms. The summed E-state index contributed by atoms with van der Waals surface area (Å²) in [5.74, 6) is 2.53. The van der Waals surface area contributed by atoms with Crippen LogP contribution >= 0.6 is 0 Å². The van der Waals surface area contributed by atoms with E-state index >= 15 is 0 Å². The third kappa shape index (κ3) is 3.81. The fourth-order valence-corrected chi connectivity index (χ4v) is 5.34. The van der Waals surface area contributed by atoms with Crippen LogP contribution in [0.2, 0.25) is 0 Å². The predicted octanol–water partition coefficient (Wildman–Crippen LogP) is 5.46. The van der Waals surface area contributed by atoms with Crippen molar-refractivity contribution in [3.8, 4) is 17.2 Å². The summed E-state index contributed by atoms with van der Waals surface area (Å²) in [5, 5.41) is 5.32. The zero-order chi connectivity index (χ0) is 23.9. The molecule has 4 aromatic rings. The van der Waals surface area contributed by atoms with Crippen LogP contribution in [0.25, 0.3) is 16.6 Å². The lowest BCUT2D eigenvalue weighted by atomic mass is 9.88. The first-order valence-corrected chi connectivity index (χ1v) is 12.2. The van der Waals surface area contributed by atoms with E-state index in [1.165, 1.54) is 11.1 Å². The Morgan fingerprint density at radius 2 is 1.80 bits per heavy atom. The number of benzene rings is 2. The maximum Gasteiger partial charge on any atom is 0.282 e. The van der Waals surface area contributed by atoms with Gasteiger partial charge < -0.3 is 14.0 Å². The van der Waals surface area contributed by atoms with Crippen LogP contribution in [-0.4, -0.2) is 27.2 Å². The molecule has 0 saturated heterocycles. The zero-order valence-corrected chi connectivity index (χ0v) is 20.0. The van der Waals surface area contributed by atoms with Crippen LogP contribution in [0, 0.1) is 13.8 Å². The SMILES string of the molecule is Cc1cc(C=Nn2c(C3CCCCC3)nc3ccccc3c2=O)c(C)n1-c1ccc2c(c1)OCO2. The number of aromatic nitrogens is 3. The Labute approximate surface area is 203 Å². The molecule has 0 amide bonds. The first kappa shape index (κ1) is 21.6. The van der Waals surface area contributed by atoms with Crippen molar-refractivity contribution >= 4 is 17.1 Å². The largest absolute Gasteiger partial charge is 0.454 e. The minimum Gasteiger partial charge on any atom is -0.454 e. The summed E-state index contributed by atoms with van der Waals surface area (Å²) < 4.78 is 14.7. The Hall–Kier alpha value is -3.87. The van der Waals surface area contributed by atoms with E-state index in [-0.39, 0.29) is 18.3 Å². The minimum absolute atomic E-state index is 0.114. The second-order valence-corrected chi connectivity index (χ2v) is 9.38. The van der Waals surface area contributed by atoms with E-state index in [4.69, 9.17) is 19.6 Å². The standard InChI is InChI=1S/C28H28N4O3/c1-18-14-21(19(2)31(18)22-12-13-25-26(15-22)35-17-34-25)16-29-32-27(20-8-4-3-5-9-20)30-24-11-7-6-10-23(24)28(32)33/h6-7,10-16,20H,3-5,8-9,17H2,1-2H3. The molecule has 0 unspecified atom stereocenters. The van der Waals surface area contributed by atoms with Gasteiger partial charge >= 0.3 is 0 Å². The van der Waals surface area contributed by atoms with E-state index < -0.39 is 0 Å². The molecule has 1 aliphatic carbocycles. The fourth-order valence-electron chi connectivity index (χ4n) is 5.34. The Kier molecular flexibility index (Phi) is 5.40. The van der Waals surface area contributed by atoms with Gasteiger partial charge in [-0.1, -0.05) is 31.4 Å². The highest BCUT2D eigenvalue weighted by atomic mass is 16.7. The van der Waals surface area contributed by atoms with Crippen LogP contribution in [0.3, 0.4) is 0 Å². The van der Waals surface area contributed by atoms with Gasteiger partial charge in [0.15, 0.2) is 11.5 Å². The summed E-state index contributed by atoms with van der Waals surface area (Å²) in [5.41, 5.74) is 4.68. The van der Waals surface area contributed by atoms with Crippen LogP contribution in [0.5, 0.6) is 11.5 Å². The Morgan fingerprint density at radius 3 is 2.66 bits per heavy atom. The van der Waals surface area contributed by atoms with E-state index in [9.17, 15) is 4.79 Å². The van der Waals surface area contributed by atoms with Crippen molar-refractivity contribution in [3.05, 3.63) is 81.7 Å². The molecule has 3 heterocycles. The predicted molar refractivity (Wildman–Crippen MR) is 136 cm³/mol. The maximum atomic E-state index is 13.5. The molecule has 0 spiro atoms. The highest BCUT2D eigenvalue weighted by Gasteiger charge is 2.22. The summed E-state index contributed by atoms with van der Waals surface area (Å²) in [6, 6.07) is 15.6. The lowest BCUT2D eigenvalue weighted by Crippen LogP contribution is -2.25. The van der Waals surface area contributed by atoms with Crippen LogP contribution < -0.4 is 15.0 Å². The molecule has 2 aliphatic rings. The van der Waals surface area contributed by atoms with Crippen molar-refractivity contribution < 1.29 is 9.47 Å². The van der Waals surface area contributed by atoms with Gasteiger partial charge in [-0.15, -0.1) is 0 Å². The molecule has 6 rings (SSSR count). The molecule has 1 aliphatic heterocycles. The second-order valence-electron chi connectivity index (χ2n) is 9.38. The smallest absolute Gasteiger partial charge is 0.282 e. The van der Waals surface area contributed by atoms with Crippen LogP contribution in [0.15, 0.2) is 58.4 Å². The van der Waals surface area contributed by atoms with Gasteiger partial charge in [0.05, 0.1) is 17.1 Å². The third-order valence-electron chi connectivity index (χ3n) is 7.15. The van der Waals surface area contributed by atoms with Gasteiger partial charge in [0.2, 0.25) is 6.79 Å². The van der Waals surface area contributed by atoms with Crippen LogP contribution in [-0.2, 0) is 0 Å². The van der Waals surface area contributed by atoms with Gasteiger partial charge in [-0.25, -0.2) is 4.98 Å². The Morgan fingerprint density at radius 1 is 1.00 bits per heavy atom. The molecule has 0 radical (unpaired) electrons. The van der Waals surface area contributed by atoms with Crippen molar-refractivity contribution in [1.82, 2.24) is 14.2 Å². The molecule has 7 heteroatoms. The molecular formula is C28H28N4O3. The fraction of sp³-hybridized carbons (Fsp3) is 0.321. The number of para-hydroxylation sites is 1. The molecule has 7 nitrogen and oxygen atoms in total. The number of nitrogens with zero attached hydrogens (tertiary/aromatic N) is 4. The topological polar surface area (TPSA) is 70.6 Å². The quantitative estimate of drug-likeness (QED) is 0.373. The highest BCUT2D eigenvalue weighted by molar-refractivity contribution is 5.82. The van der Waals surface area contributed by atoms with Crippen LogP contribution in [0.1, 0.15) is 60.8 Å². The summed E-state index contributed by atoms with van der Waals surface area (Å²) in [6.07, 6.45) is 7.43. The van der Waals surface area contributed by atoms with Crippen molar-refractivity contribution in [2.75, 3.05) is 6.79 Å². The van der Waals surface area contributed by atoms with Gasteiger partial charge in [-0.2, -0.15) is 9.78 Å². The van der Waals surface area contributed by atoms with Crippen LogP contribution in [0.4, 0.5) is 0 Å². The number of hydrogen-bond acceptors (Lipinski definition) is 5. The molecule has 35 heavy (non-hydrogen) atoms. The number of ether oxygens (including phenoxy) is 2. The molecule has 1 fully saturated rings. The normalized spacial score (nSPS) is 15.9. The summed E-state index contributed by atoms with van der Waals surface area (Å²) >= 11 is 0. The first-order valence-electron chi connectivity index (χ1n) is 12.2. The molecule has 2 aromatic carbocycles. The first-order chi connectivity index (χ1) is 17.1. The minimum atomic E-state index is -0.114.